The largest absolute Gasteiger partial charge is 0.384 e. The van der Waals surface area contributed by atoms with Crippen LogP contribution in [-0.4, -0.2) is 49.6 Å². The molecule has 0 aliphatic carbocycles. The van der Waals surface area contributed by atoms with E-state index < -0.39 is 0 Å². The van der Waals surface area contributed by atoms with E-state index >= 15 is 0 Å². The van der Waals surface area contributed by atoms with Gasteiger partial charge < -0.3 is 10.2 Å². The van der Waals surface area contributed by atoms with Crippen LogP contribution in [0.4, 0.5) is 5.69 Å². The zero-order valence-corrected chi connectivity index (χ0v) is 13.5. The summed E-state index contributed by atoms with van der Waals surface area (Å²) < 4.78 is 0. The summed E-state index contributed by atoms with van der Waals surface area (Å²) in [6.07, 6.45) is 6.96. The highest BCUT2D eigenvalue weighted by molar-refractivity contribution is 5.46. The molecule has 1 aromatic carbocycles. The Morgan fingerprint density at radius 2 is 2.10 bits per heavy atom. The van der Waals surface area contributed by atoms with E-state index in [-0.39, 0.29) is 0 Å². The van der Waals surface area contributed by atoms with Crippen molar-refractivity contribution in [1.29, 1.82) is 0 Å². The number of likely N-dealkylation sites (N-methyl/N-ethyl adjacent to an activating group) is 1. The van der Waals surface area contributed by atoms with E-state index in [9.17, 15) is 0 Å². The van der Waals surface area contributed by atoms with Gasteiger partial charge >= 0.3 is 0 Å². The molecule has 3 heteroatoms. The standard InChI is InChI=1S/C18H29N3/c1-20(2)13-11-19-16-7-5-6-15(14-16)18-10-9-17-8-3-4-12-21(17)18/h5-7,14,17-19H,3-4,8-13H2,1-2H3. The predicted molar refractivity (Wildman–Crippen MR) is 89.8 cm³/mol. The van der Waals surface area contributed by atoms with Crippen molar-refractivity contribution in [3.8, 4) is 0 Å². The third-order valence-electron chi connectivity index (χ3n) is 5.01. The molecule has 1 aromatic rings. The van der Waals surface area contributed by atoms with Crippen LogP contribution in [0.2, 0.25) is 0 Å². The molecule has 2 aliphatic rings. The minimum atomic E-state index is 0.658. The second-order valence-corrected chi connectivity index (χ2v) is 6.84. The number of anilines is 1. The average molecular weight is 287 g/mol. The van der Waals surface area contributed by atoms with Crippen LogP contribution in [0.15, 0.2) is 24.3 Å². The quantitative estimate of drug-likeness (QED) is 0.896. The highest BCUT2D eigenvalue weighted by Crippen LogP contribution is 2.40. The molecule has 1 N–H and O–H groups in total. The zero-order chi connectivity index (χ0) is 14.7. The van der Waals surface area contributed by atoms with Gasteiger partial charge in [-0.05, 0) is 64.0 Å². The van der Waals surface area contributed by atoms with Gasteiger partial charge in [-0.15, -0.1) is 0 Å². The number of hydrogen-bond acceptors (Lipinski definition) is 3. The molecular weight excluding hydrogens is 258 g/mol. The van der Waals surface area contributed by atoms with Crippen molar-refractivity contribution in [3.63, 3.8) is 0 Å². The lowest BCUT2D eigenvalue weighted by molar-refractivity contribution is 0.150. The fraction of sp³-hybridized carbons (Fsp3) is 0.667. The van der Waals surface area contributed by atoms with Crippen molar-refractivity contribution in [2.75, 3.05) is 39.0 Å². The van der Waals surface area contributed by atoms with Crippen LogP contribution in [-0.2, 0) is 0 Å². The summed E-state index contributed by atoms with van der Waals surface area (Å²) in [5.74, 6) is 0. The lowest BCUT2D eigenvalue weighted by Gasteiger charge is -2.34. The molecule has 2 heterocycles. The first-order chi connectivity index (χ1) is 10.2. The van der Waals surface area contributed by atoms with E-state index in [4.69, 9.17) is 0 Å². The van der Waals surface area contributed by atoms with Crippen LogP contribution >= 0.6 is 0 Å². The lowest BCUT2D eigenvalue weighted by Crippen LogP contribution is -2.35. The maximum Gasteiger partial charge on any atom is 0.0352 e. The van der Waals surface area contributed by atoms with Gasteiger partial charge in [-0.2, -0.15) is 0 Å². The van der Waals surface area contributed by atoms with E-state index in [1.807, 2.05) is 0 Å². The minimum Gasteiger partial charge on any atom is -0.384 e. The number of nitrogens with one attached hydrogen (secondary N) is 1. The van der Waals surface area contributed by atoms with Gasteiger partial charge in [0.15, 0.2) is 0 Å². The van der Waals surface area contributed by atoms with Gasteiger partial charge in [0.1, 0.15) is 0 Å². The summed E-state index contributed by atoms with van der Waals surface area (Å²) in [7, 11) is 4.24. The lowest BCUT2D eigenvalue weighted by atomic mass is 10.0. The number of nitrogens with zero attached hydrogens (tertiary/aromatic N) is 2. The van der Waals surface area contributed by atoms with Crippen molar-refractivity contribution in [2.45, 2.75) is 44.2 Å². The summed E-state index contributed by atoms with van der Waals surface area (Å²) in [6.45, 7) is 3.38. The van der Waals surface area contributed by atoms with Crippen LogP contribution in [0, 0.1) is 0 Å². The topological polar surface area (TPSA) is 18.5 Å². The second kappa shape index (κ2) is 6.80. The highest BCUT2D eigenvalue weighted by atomic mass is 15.2. The number of fused-ring (bicyclic) bond motifs is 1. The van der Waals surface area contributed by atoms with Gasteiger partial charge in [0.25, 0.3) is 0 Å². The van der Waals surface area contributed by atoms with E-state index in [1.54, 1.807) is 0 Å². The molecule has 2 saturated heterocycles. The fourth-order valence-electron chi connectivity index (χ4n) is 3.90. The zero-order valence-electron chi connectivity index (χ0n) is 13.5. The molecule has 3 nitrogen and oxygen atoms in total. The maximum absolute atomic E-state index is 3.55. The predicted octanol–water partition coefficient (Wildman–Crippen LogP) is 3.35. The normalized spacial score (nSPS) is 26.0. The Morgan fingerprint density at radius 3 is 2.95 bits per heavy atom. The van der Waals surface area contributed by atoms with Gasteiger partial charge in [-0.25, -0.2) is 0 Å². The number of hydrogen-bond donors (Lipinski definition) is 1. The molecule has 2 aliphatic heterocycles. The van der Waals surface area contributed by atoms with Gasteiger partial charge in [0.2, 0.25) is 0 Å². The Hall–Kier alpha value is -1.06. The molecular formula is C18H29N3. The first-order valence-electron chi connectivity index (χ1n) is 8.48. The van der Waals surface area contributed by atoms with E-state index in [0.29, 0.717) is 6.04 Å². The minimum absolute atomic E-state index is 0.658. The van der Waals surface area contributed by atoms with Gasteiger partial charge in [0, 0.05) is 30.9 Å². The van der Waals surface area contributed by atoms with Crippen molar-refractivity contribution in [3.05, 3.63) is 29.8 Å². The van der Waals surface area contributed by atoms with Crippen LogP contribution in [0.3, 0.4) is 0 Å². The first kappa shape index (κ1) is 14.9. The van der Waals surface area contributed by atoms with Crippen molar-refractivity contribution in [1.82, 2.24) is 9.80 Å². The SMILES string of the molecule is CN(C)CCNc1cccc(C2CCC3CCCCN32)c1. The summed E-state index contributed by atoms with van der Waals surface area (Å²) in [6, 6.07) is 10.6. The van der Waals surface area contributed by atoms with E-state index in [1.165, 1.54) is 49.9 Å². The highest BCUT2D eigenvalue weighted by Gasteiger charge is 2.35. The number of rotatable bonds is 5. The summed E-state index contributed by atoms with van der Waals surface area (Å²) >= 11 is 0. The van der Waals surface area contributed by atoms with E-state index in [2.05, 4.69) is 53.5 Å². The average Bonchev–Trinajstić information content (AvgIpc) is 2.91. The van der Waals surface area contributed by atoms with Crippen LogP contribution in [0.25, 0.3) is 0 Å². The fourth-order valence-corrected chi connectivity index (χ4v) is 3.90. The Kier molecular flexibility index (Phi) is 4.81. The Labute approximate surface area is 129 Å². The Bertz CT molecular complexity index is 458. The van der Waals surface area contributed by atoms with Crippen LogP contribution in [0.1, 0.15) is 43.7 Å². The van der Waals surface area contributed by atoms with Crippen molar-refractivity contribution < 1.29 is 0 Å². The summed E-state index contributed by atoms with van der Waals surface area (Å²) in [5.41, 5.74) is 2.78. The van der Waals surface area contributed by atoms with Crippen LogP contribution < -0.4 is 5.32 Å². The third kappa shape index (κ3) is 3.58. The second-order valence-electron chi connectivity index (χ2n) is 6.84. The van der Waals surface area contributed by atoms with Gasteiger partial charge in [-0.3, -0.25) is 4.90 Å². The molecule has 116 valence electrons. The molecule has 0 spiro atoms. The summed E-state index contributed by atoms with van der Waals surface area (Å²) in [4.78, 5) is 4.98. The first-order valence-corrected chi connectivity index (χ1v) is 8.48. The molecule has 0 amide bonds. The molecule has 2 fully saturated rings. The number of piperidine rings is 1. The molecule has 0 radical (unpaired) electrons. The Balaban J connectivity index is 1.65. The van der Waals surface area contributed by atoms with Gasteiger partial charge in [-0.1, -0.05) is 18.6 Å². The van der Waals surface area contributed by atoms with Crippen molar-refractivity contribution in [2.24, 2.45) is 0 Å². The molecule has 0 saturated carbocycles. The third-order valence-corrected chi connectivity index (χ3v) is 5.01. The maximum atomic E-state index is 3.55. The molecule has 2 unspecified atom stereocenters. The summed E-state index contributed by atoms with van der Waals surface area (Å²) in [5, 5.41) is 3.55. The molecule has 2 atom stereocenters. The van der Waals surface area contributed by atoms with Crippen molar-refractivity contribution >= 4 is 5.69 Å². The van der Waals surface area contributed by atoms with E-state index in [0.717, 1.165) is 19.1 Å². The molecule has 21 heavy (non-hydrogen) atoms. The Morgan fingerprint density at radius 1 is 1.19 bits per heavy atom. The van der Waals surface area contributed by atoms with Crippen LogP contribution in [0.5, 0.6) is 0 Å². The molecule has 0 bridgehead atoms. The monoisotopic (exact) mass is 287 g/mol. The molecule has 0 aromatic heterocycles. The smallest absolute Gasteiger partial charge is 0.0352 e. The van der Waals surface area contributed by atoms with Gasteiger partial charge in [0.05, 0.1) is 0 Å². The molecule has 3 rings (SSSR count). The number of benzene rings is 1.